The zero-order chi connectivity index (χ0) is 16.9. The van der Waals surface area contributed by atoms with Gasteiger partial charge in [0, 0.05) is 12.6 Å². The van der Waals surface area contributed by atoms with Crippen molar-refractivity contribution in [1.29, 1.82) is 0 Å². The van der Waals surface area contributed by atoms with Crippen LogP contribution in [0.3, 0.4) is 0 Å². The zero-order valence-electron chi connectivity index (χ0n) is 14.0. The first-order valence-corrected chi connectivity index (χ1v) is 9.49. The Labute approximate surface area is 145 Å². The van der Waals surface area contributed by atoms with Crippen LogP contribution in [0.2, 0.25) is 0 Å². The second-order valence-corrected chi connectivity index (χ2v) is 7.15. The number of morpholine rings is 1. The summed E-state index contributed by atoms with van der Waals surface area (Å²) in [5.74, 6) is -0.189. The molecule has 0 aromatic carbocycles. The van der Waals surface area contributed by atoms with E-state index in [0.717, 1.165) is 42.9 Å². The Bertz CT molecular complexity index is 586. The number of ether oxygens (including phenoxy) is 1. The van der Waals surface area contributed by atoms with Crippen molar-refractivity contribution >= 4 is 23.3 Å². The predicted octanol–water partition coefficient (Wildman–Crippen LogP) is 1.39. The number of aromatic nitrogens is 2. The summed E-state index contributed by atoms with van der Waals surface area (Å²) in [6, 6.07) is 0.258. The minimum Gasteiger partial charge on any atom is -0.365 e. The van der Waals surface area contributed by atoms with Crippen molar-refractivity contribution in [2.24, 2.45) is 0 Å². The fraction of sp³-hybridized carbons (Fsp3) is 0.750. The van der Waals surface area contributed by atoms with Crippen molar-refractivity contribution in [2.45, 2.75) is 57.6 Å². The third kappa shape index (κ3) is 3.92. The number of nitrogens with one attached hydrogen (secondary N) is 1. The van der Waals surface area contributed by atoms with Crippen LogP contribution >= 0.6 is 11.5 Å². The van der Waals surface area contributed by atoms with E-state index in [2.05, 4.69) is 14.9 Å². The Hall–Kier alpha value is -1.54. The molecule has 2 heterocycles. The molecule has 2 fully saturated rings. The van der Waals surface area contributed by atoms with Crippen LogP contribution in [0.4, 0.5) is 0 Å². The lowest BCUT2D eigenvalue weighted by Gasteiger charge is -2.32. The molecule has 0 unspecified atom stereocenters. The maximum Gasteiger partial charge on any atom is 0.267 e. The Morgan fingerprint density at radius 2 is 2.17 bits per heavy atom. The van der Waals surface area contributed by atoms with Crippen LogP contribution < -0.4 is 5.32 Å². The highest BCUT2D eigenvalue weighted by Crippen LogP contribution is 2.20. The van der Waals surface area contributed by atoms with Crippen LogP contribution in [-0.2, 0) is 16.0 Å². The normalized spacial score (nSPS) is 21.9. The fourth-order valence-corrected chi connectivity index (χ4v) is 3.95. The van der Waals surface area contributed by atoms with Crippen molar-refractivity contribution in [2.75, 3.05) is 19.7 Å². The average Bonchev–Trinajstić information content (AvgIpc) is 3.26. The van der Waals surface area contributed by atoms with Gasteiger partial charge in [-0.2, -0.15) is 0 Å². The Morgan fingerprint density at radius 1 is 1.38 bits per heavy atom. The maximum absolute atomic E-state index is 12.7. The van der Waals surface area contributed by atoms with Crippen LogP contribution in [0.15, 0.2) is 0 Å². The molecule has 8 heteroatoms. The number of hydrogen-bond donors (Lipinski definition) is 1. The summed E-state index contributed by atoms with van der Waals surface area (Å²) in [6.45, 7) is 3.21. The molecule has 0 radical (unpaired) electrons. The van der Waals surface area contributed by atoms with E-state index in [1.54, 1.807) is 4.90 Å². The van der Waals surface area contributed by atoms with E-state index in [0.29, 0.717) is 24.6 Å². The average molecular weight is 352 g/mol. The Morgan fingerprint density at radius 3 is 2.92 bits per heavy atom. The summed E-state index contributed by atoms with van der Waals surface area (Å²) >= 11 is 1.13. The van der Waals surface area contributed by atoms with Crippen molar-refractivity contribution < 1.29 is 14.3 Å². The molecule has 2 amide bonds. The molecular formula is C16H24N4O3S. The molecule has 1 N–H and O–H groups in total. The number of aryl methyl sites for hydroxylation is 1. The Balaban J connectivity index is 1.61. The lowest BCUT2D eigenvalue weighted by molar-refractivity contribution is -0.137. The van der Waals surface area contributed by atoms with Gasteiger partial charge in [0.15, 0.2) is 6.10 Å². The van der Waals surface area contributed by atoms with Gasteiger partial charge in [-0.05, 0) is 30.8 Å². The van der Waals surface area contributed by atoms with Gasteiger partial charge in [-0.3, -0.25) is 9.59 Å². The van der Waals surface area contributed by atoms with Crippen LogP contribution in [0.1, 0.15) is 54.4 Å². The largest absolute Gasteiger partial charge is 0.365 e. The monoisotopic (exact) mass is 352 g/mol. The van der Waals surface area contributed by atoms with Gasteiger partial charge in [-0.15, -0.1) is 5.10 Å². The lowest BCUT2D eigenvalue weighted by atomic mass is 10.2. The van der Waals surface area contributed by atoms with Gasteiger partial charge >= 0.3 is 0 Å². The highest BCUT2D eigenvalue weighted by molar-refractivity contribution is 7.08. The van der Waals surface area contributed by atoms with Gasteiger partial charge in [0.05, 0.1) is 18.8 Å². The molecule has 0 bridgehead atoms. The minimum atomic E-state index is -0.584. The fourth-order valence-electron chi connectivity index (χ4n) is 3.27. The molecule has 2 aliphatic rings. The molecule has 1 aromatic heterocycles. The number of carbonyl (C=O) groups excluding carboxylic acids is 2. The SMILES string of the molecule is CCCc1nnsc1C(=O)N1CCO[C@@H](C(=O)NC2CCCC2)C1. The van der Waals surface area contributed by atoms with E-state index in [4.69, 9.17) is 4.74 Å². The van der Waals surface area contributed by atoms with E-state index in [1.165, 1.54) is 12.8 Å². The van der Waals surface area contributed by atoms with Crippen LogP contribution in [-0.4, -0.2) is 58.1 Å². The smallest absolute Gasteiger partial charge is 0.267 e. The third-order valence-electron chi connectivity index (χ3n) is 4.58. The lowest BCUT2D eigenvalue weighted by Crippen LogP contribution is -2.52. The molecule has 1 atom stereocenters. The maximum atomic E-state index is 12.7. The van der Waals surface area contributed by atoms with Gasteiger partial charge in [-0.25, -0.2) is 0 Å². The summed E-state index contributed by atoms with van der Waals surface area (Å²) in [5.41, 5.74) is 0.756. The molecule has 1 saturated heterocycles. The number of nitrogens with zero attached hydrogens (tertiary/aromatic N) is 3. The zero-order valence-corrected chi connectivity index (χ0v) is 14.8. The molecular weight excluding hydrogens is 328 g/mol. The second-order valence-electron chi connectivity index (χ2n) is 6.40. The second kappa shape index (κ2) is 8.02. The Kier molecular flexibility index (Phi) is 5.78. The highest BCUT2D eigenvalue weighted by Gasteiger charge is 2.32. The molecule has 1 saturated carbocycles. The summed E-state index contributed by atoms with van der Waals surface area (Å²) in [6.07, 6.45) is 5.48. The van der Waals surface area contributed by atoms with Gasteiger partial charge in [-0.1, -0.05) is 30.7 Å². The number of rotatable bonds is 5. The highest BCUT2D eigenvalue weighted by atomic mass is 32.1. The van der Waals surface area contributed by atoms with Gasteiger partial charge in [0.1, 0.15) is 4.88 Å². The van der Waals surface area contributed by atoms with Crippen LogP contribution in [0, 0.1) is 0 Å². The first-order chi connectivity index (χ1) is 11.7. The minimum absolute atomic E-state index is 0.0876. The molecule has 3 rings (SSSR count). The molecule has 0 spiro atoms. The van der Waals surface area contributed by atoms with Gasteiger partial charge < -0.3 is 15.0 Å². The molecule has 24 heavy (non-hydrogen) atoms. The van der Waals surface area contributed by atoms with Crippen molar-refractivity contribution in [3.8, 4) is 0 Å². The first-order valence-electron chi connectivity index (χ1n) is 8.71. The van der Waals surface area contributed by atoms with Crippen molar-refractivity contribution in [3.63, 3.8) is 0 Å². The third-order valence-corrected chi connectivity index (χ3v) is 5.34. The van der Waals surface area contributed by atoms with Crippen molar-refractivity contribution in [1.82, 2.24) is 19.8 Å². The molecule has 1 aliphatic heterocycles. The van der Waals surface area contributed by atoms with Gasteiger partial charge in [0.2, 0.25) is 0 Å². The summed E-state index contributed by atoms with van der Waals surface area (Å²) in [5, 5.41) is 7.11. The van der Waals surface area contributed by atoms with Crippen LogP contribution in [0.5, 0.6) is 0 Å². The summed E-state index contributed by atoms with van der Waals surface area (Å²) in [4.78, 5) is 27.4. The molecule has 1 aliphatic carbocycles. The predicted molar refractivity (Wildman–Crippen MR) is 89.9 cm³/mol. The molecule has 7 nitrogen and oxygen atoms in total. The van der Waals surface area contributed by atoms with E-state index in [-0.39, 0.29) is 17.9 Å². The van der Waals surface area contributed by atoms with Crippen molar-refractivity contribution in [3.05, 3.63) is 10.6 Å². The topological polar surface area (TPSA) is 84.4 Å². The number of hydrogen-bond acceptors (Lipinski definition) is 6. The number of amides is 2. The van der Waals surface area contributed by atoms with E-state index in [9.17, 15) is 9.59 Å². The molecule has 132 valence electrons. The summed E-state index contributed by atoms with van der Waals surface area (Å²) < 4.78 is 9.50. The van der Waals surface area contributed by atoms with E-state index >= 15 is 0 Å². The van der Waals surface area contributed by atoms with Gasteiger partial charge in [0.25, 0.3) is 11.8 Å². The van der Waals surface area contributed by atoms with E-state index < -0.39 is 6.10 Å². The van der Waals surface area contributed by atoms with E-state index in [1.807, 2.05) is 6.92 Å². The first kappa shape index (κ1) is 17.3. The number of carbonyl (C=O) groups is 2. The van der Waals surface area contributed by atoms with Crippen LogP contribution in [0.25, 0.3) is 0 Å². The summed E-state index contributed by atoms with van der Waals surface area (Å²) in [7, 11) is 0. The molecule has 1 aromatic rings. The standard InChI is InChI=1S/C16H24N4O3S/c1-2-5-12-14(24-19-18-12)16(22)20-8-9-23-13(10-20)15(21)17-11-6-3-4-7-11/h11,13H,2-10H2,1H3,(H,17,21)/t13-/m1/s1. The quantitative estimate of drug-likeness (QED) is 0.866.